The van der Waals surface area contributed by atoms with Gasteiger partial charge in [0.15, 0.2) is 5.82 Å². The zero-order valence-corrected chi connectivity index (χ0v) is 11.7. The molecule has 6 heteroatoms. The van der Waals surface area contributed by atoms with Crippen molar-refractivity contribution >= 4 is 0 Å². The molecule has 106 valence electrons. The molecule has 0 saturated heterocycles. The van der Waals surface area contributed by atoms with Gasteiger partial charge in [0.2, 0.25) is 0 Å². The Labute approximate surface area is 118 Å². The van der Waals surface area contributed by atoms with Crippen molar-refractivity contribution < 1.29 is 0 Å². The van der Waals surface area contributed by atoms with E-state index in [1.807, 2.05) is 19.3 Å². The first kappa shape index (κ1) is 13.2. The Balaban J connectivity index is 1.74. The lowest BCUT2D eigenvalue weighted by Crippen LogP contribution is -2.28. The predicted octanol–water partition coefficient (Wildman–Crippen LogP) is 1.63. The molecule has 2 aromatic heterocycles. The number of pyridine rings is 1. The Bertz CT molecular complexity index is 532. The average Bonchev–Trinajstić information content (AvgIpc) is 3.13. The smallest absolute Gasteiger partial charge is 0.164 e. The molecule has 1 aliphatic rings. The van der Waals surface area contributed by atoms with Crippen molar-refractivity contribution in [3.8, 4) is 0 Å². The highest BCUT2D eigenvalue weighted by molar-refractivity contribution is 5.10. The van der Waals surface area contributed by atoms with E-state index >= 15 is 0 Å². The lowest BCUT2D eigenvalue weighted by molar-refractivity contribution is 0.353. The summed E-state index contributed by atoms with van der Waals surface area (Å²) in [6.45, 7) is 0.668. The summed E-state index contributed by atoms with van der Waals surface area (Å²) in [5.74, 6) is 1.51. The molecule has 1 aliphatic carbocycles. The van der Waals surface area contributed by atoms with Crippen LogP contribution in [-0.4, -0.2) is 25.2 Å². The maximum atomic E-state index is 4.53. The Morgan fingerprint density at radius 2 is 2.20 bits per heavy atom. The predicted molar refractivity (Wildman–Crippen MR) is 74.6 cm³/mol. The first-order valence-electron chi connectivity index (χ1n) is 7.20. The van der Waals surface area contributed by atoms with Gasteiger partial charge in [0.1, 0.15) is 0 Å². The molecule has 1 N–H and O–H groups in total. The van der Waals surface area contributed by atoms with E-state index in [-0.39, 0.29) is 6.04 Å². The van der Waals surface area contributed by atoms with Crippen LogP contribution in [0.3, 0.4) is 0 Å². The number of nitrogens with one attached hydrogen (secondary N) is 1. The van der Waals surface area contributed by atoms with Crippen LogP contribution in [0.25, 0.3) is 0 Å². The first-order chi connectivity index (χ1) is 9.84. The zero-order chi connectivity index (χ0) is 13.8. The molecule has 0 amide bonds. The first-order valence-corrected chi connectivity index (χ1v) is 7.20. The summed E-state index contributed by atoms with van der Waals surface area (Å²) in [5.41, 5.74) is 1.12. The molecule has 1 saturated carbocycles. The summed E-state index contributed by atoms with van der Waals surface area (Å²) in [6, 6.07) is 6.40. The Hall–Kier alpha value is -1.82. The summed E-state index contributed by atoms with van der Waals surface area (Å²) >= 11 is 0. The van der Waals surface area contributed by atoms with E-state index in [2.05, 4.69) is 38.0 Å². The lowest BCUT2D eigenvalue weighted by atomic mass is 9.95. The van der Waals surface area contributed by atoms with Crippen molar-refractivity contribution in [3.63, 3.8) is 0 Å². The van der Waals surface area contributed by atoms with Crippen molar-refractivity contribution in [2.24, 2.45) is 13.0 Å². The van der Waals surface area contributed by atoms with Crippen LogP contribution >= 0.6 is 0 Å². The van der Waals surface area contributed by atoms with Crippen LogP contribution in [0.5, 0.6) is 0 Å². The van der Waals surface area contributed by atoms with Crippen LogP contribution in [0.4, 0.5) is 0 Å². The molecule has 1 fully saturated rings. The van der Waals surface area contributed by atoms with E-state index in [0.717, 1.165) is 11.5 Å². The van der Waals surface area contributed by atoms with Crippen molar-refractivity contribution in [2.45, 2.75) is 38.3 Å². The van der Waals surface area contributed by atoms with E-state index in [4.69, 9.17) is 0 Å². The van der Waals surface area contributed by atoms with Crippen LogP contribution in [0.1, 0.15) is 43.2 Å². The summed E-state index contributed by atoms with van der Waals surface area (Å²) in [4.78, 5) is 4.53. The van der Waals surface area contributed by atoms with Gasteiger partial charge in [-0.25, -0.2) is 4.68 Å². The molecule has 3 rings (SSSR count). The minimum atomic E-state index is 0.287. The topological polar surface area (TPSA) is 68.5 Å². The fourth-order valence-corrected chi connectivity index (χ4v) is 2.96. The Morgan fingerprint density at radius 3 is 2.85 bits per heavy atom. The van der Waals surface area contributed by atoms with Crippen molar-refractivity contribution in [2.75, 3.05) is 0 Å². The van der Waals surface area contributed by atoms with Crippen LogP contribution in [-0.2, 0) is 13.6 Å². The minimum absolute atomic E-state index is 0.287. The third-order valence-electron chi connectivity index (χ3n) is 4.07. The molecule has 20 heavy (non-hydrogen) atoms. The monoisotopic (exact) mass is 272 g/mol. The molecule has 0 radical (unpaired) electrons. The Morgan fingerprint density at radius 1 is 1.35 bits per heavy atom. The van der Waals surface area contributed by atoms with Crippen molar-refractivity contribution in [1.29, 1.82) is 0 Å². The molecule has 0 bridgehead atoms. The average molecular weight is 272 g/mol. The molecule has 0 aliphatic heterocycles. The van der Waals surface area contributed by atoms with Gasteiger partial charge in [-0.15, -0.1) is 5.10 Å². The largest absolute Gasteiger partial charge is 0.301 e. The number of rotatable bonds is 5. The molecule has 0 aromatic carbocycles. The molecule has 0 spiro atoms. The second-order valence-corrected chi connectivity index (χ2v) is 5.38. The molecule has 1 unspecified atom stereocenters. The number of tetrazole rings is 1. The van der Waals surface area contributed by atoms with Gasteiger partial charge in [0.05, 0.1) is 18.3 Å². The second kappa shape index (κ2) is 6.09. The maximum absolute atomic E-state index is 4.53. The molecular weight excluding hydrogens is 252 g/mol. The molecule has 2 aromatic rings. The standard InChI is InChI=1S/C14H20N6/c1-20-13(17-18-19-20)10-16-14(11-6-2-3-7-11)12-8-4-5-9-15-12/h4-5,8-9,11,14,16H,2-3,6-7,10H2,1H3. The van der Waals surface area contributed by atoms with E-state index in [1.54, 1.807) is 4.68 Å². The highest BCUT2D eigenvalue weighted by Gasteiger charge is 2.27. The van der Waals surface area contributed by atoms with Gasteiger partial charge in [-0.05, 0) is 41.3 Å². The summed E-state index contributed by atoms with van der Waals surface area (Å²) in [5, 5.41) is 15.2. The second-order valence-electron chi connectivity index (χ2n) is 5.38. The fourth-order valence-electron chi connectivity index (χ4n) is 2.96. The quantitative estimate of drug-likeness (QED) is 0.896. The van der Waals surface area contributed by atoms with E-state index in [9.17, 15) is 0 Å². The molecule has 2 heterocycles. The highest BCUT2D eigenvalue weighted by Crippen LogP contribution is 2.35. The number of hydrogen-bond donors (Lipinski definition) is 1. The van der Waals surface area contributed by atoms with Gasteiger partial charge in [-0.1, -0.05) is 18.9 Å². The van der Waals surface area contributed by atoms with Crippen molar-refractivity contribution in [1.82, 2.24) is 30.5 Å². The maximum Gasteiger partial charge on any atom is 0.164 e. The van der Waals surface area contributed by atoms with Gasteiger partial charge < -0.3 is 5.32 Å². The summed E-state index contributed by atoms with van der Waals surface area (Å²) in [6.07, 6.45) is 7.04. The number of aromatic nitrogens is 5. The van der Waals surface area contributed by atoms with E-state index < -0.39 is 0 Å². The number of aryl methyl sites for hydroxylation is 1. The zero-order valence-electron chi connectivity index (χ0n) is 11.7. The van der Waals surface area contributed by atoms with Gasteiger partial charge in [-0.2, -0.15) is 0 Å². The molecule has 6 nitrogen and oxygen atoms in total. The summed E-state index contributed by atoms with van der Waals surface area (Å²) < 4.78 is 1.71. The van der Waals surface area contributed by atoms with Crippen LogP contribution in [0.2, 0.25) is 0 Å². The van der Waals surface area contributed by atoms with Gasteiger partial charge in [0.25, 0.3) is 0 Å². The third-order valence-corrected chi connectivity index (χ3v) is 4.07. The highest BCUT2D eigenvalue weighted by atomic mass is 15.5. The van der Waals surface area contributed by atoms with Crippen molar-refractivity contribution in [3.05, 3.63) is 35.9 Å². The van der Waals surface area contributed by atoms with Crippen LogP contribution in [0.15, 0.2) is 24.4 Å². The van der Waals surface area contributed by atoms with E-state index in [1.165, 1.54) is 25.7 Å². The molecular formula is C14H20N6. The van der Waals surface area contributed by atoms with Gasteiger partial charge in [0, 0.05) is 13.2 Å². The van der Waals surface area contributed by atoms with Gasteiger partial charge >= 0.3 is 0 Å². The van der Waals surface area contributed by atoms with E-state index in [0.29, 0.717) is 12.5 Å². The van der Waals surface area contributed by atoms with Crippen LogP contribution in [0, 0.1) is 5.92 Å². The SMILES string of the molecule is Cn1nnnc1CNC(c1ccccn1)C1CCCC1. The minimum Gasteiger partial charge on any atom is -0.301 e. The number of hydrogen-bond acceptors (Lipinski definition) is 5. The Kier molecular flexibility index (Phi) is 4.01. The fraction of sp³-hybridized carbons (Fsp3) is 0.571. The summed E-state index contributed by atoms with van der Waals surface area (Å²) in [7, 11) is 1.86. The lowest BCUT2D eigenvalue weighted by Gasteiger charge is -2.24. The van der Waals surface area contributed by atoms with Gasteiger partial charge in [-0.3, -0.25) is 4.98 Å². The number of nitrogens with zero attached hydrogens (tertiary/aromatic N) is 5. The third kappa shape index (κ3) is 2.85. The molecule has 1 atom stereocenters. The van der Waals surface area contributed by atoms with Crippen LogP contribution < -0.4 is 5.32 Å². The normalized spacial score (nSPS) is 17.4.